The fraction of sp³-hybridized carbons (Fsp3) is 0.800. The molecule has 3 fully saturated rings. The molecule has 3 heterocycles. The maximum Gasteiger partial charge on any atom is 0.325 e. The summed E-state index contributed by atoms with van der Waals surface area (Å²) in [6.07, 6.45) is 0.469. The smallest absolute Gasteiger partial charge is 0.325 e. The van der Waals surface area contributed by atoms with E-state index in [1.165, 1.54) is 4.90 Å². The van der Waals surface area contributed by atoms with Crippen molar-refractivity contribution in [3.63, 3.8) is 0 Å². The standard InChI is InChI=1S/C15H25N5O4/c1-8-6-20(7-9(2)24-8)11(21)5-4-10-16-12-13(17-10)19(3)15(23)18-14(12)22/h8-10,12-13,16-17H,4-7H2,1-3H3,(H,18,22,23). The van der Waals surface area contributed by atoms with Crippen LogP contribution < -0.4 is 16.0 Å². The molecule has 3 N–H and O–H groups in total. The number of likely N-dealkylation sites (N-methyl/N-ethyl adjacent to an activating group) is 1. The highest BCUT2D eigenvalue weighted by molar-refractivity contribution is 6.00. The highest BCUT2D eigenvalue weighted by Gasteiger charge is 2.45. The first-order valence-corrected chi connectivity index (χ1v) is 8.38. The Morgan fingerprint density at radius 2 is 1.88 bits per heavy atom. The molecule has 3 saturated heterocycles. The maximum absolute atomic E-state index is 12.4. The zero-order chi connectivity index (χ0) is 17.4. The van der Waals surface area contributed by atoms with Crippen LogP contribution in [0.5, 0.6) is 0 Å². The molecule has 5 atom stereocenters. The van der Waals surface area contributed by atoms with Crippen LogP contribution >= 0.6 is 0 Å². The third-order valence-electron chi connectivity index (χ3n) is 4.74. The van der Waals surface area contributed by atoms with Crippen LogP contribution in [0.25, 0.3) is 0 Å². The van der Waals surface area contributed by atoms with E-state index in [2.05, 4.69) is 16.0 Å². The minimum absolute atomic E-state index is 0.0478. The van der Waals surface area contributed by atoms with Crippen molar-refractivity contribution in [1.82, 2.24) is 25.8 Å². The average Bonchev–Trinajstić information content (AvgIpc) is 2.94. The number of hydrogen-bond donors (Lipinski definition) is 3. The van der Waals surface area contributed by atoms with Crippen LogP contribution in [0.3, 0.4) is 0 Å². The Kier molecular flexibility index (Phi) is 4.75. The number of fused-ring (bicyclic) bond motifs is 1. The van der Waals surface area contributed by atoms with Crippen LogP contribution in [0.2, 0.25) is 0 Å². The van der Waals surface area contributed by atoms with Crippen LogP contribution in [-0.4, -0.2) is 78.4 Å². The number of imide groups is 1. The number of ether oxygens (including phenoxy) is 1. The Bertz CT molecular complexity index is 532. The summed E-state index contributed by atoms with van der Waals surface area (Å²) in [6, 6.07) is -0.903. The molecule has 0 aromatic heterocycles. The van der Waals surface area contributed by atoms with Crippen LogP contribution in [0.4, 0.5) is 4.79 Å². The lowest BCUT2D eigenvalue weighted by Gasteiger charge is -2.35. The van der Waals surface area contributed by atoms with Gasteiger partial charge in [0, 0.05) is 26.6 Å². The Hall–Kier alpha value is -1.71. The molecule has 5 unspecified atom stereocenters. The van der Waals surface area contributed by atoms with Gasteiger partial charge >= 0.3 is 6.03 Å². The summed E-state index contributed by atoms with van der Waals surface area (Å²) in [6.45, 7) is 5.15. The quantitative estimate of drug-likeness (QED) is 0.597. The Morgan fingerprint density at radius 3 is 2.54 bits per heavy atom. The van der Waals surface area contributed by atoms with Crippen molar-refractivity contribution in [3.8, 4) is 0 Å². The normalized spacial score (nSPS) is 36.5. The summed E-state index contributed by atoms with van der Waals surface area (Å²) in [7, 11) is 1.64. The van der Waals surface area contributed by atoms with E-state index in [9.17, 15) is 14.4 Å². The molecule has 134 valence electrons. The SMILES string of the molecule is CC1CN(C(=O)CCC2NC3C(=O)NC(=O)N(C)C3N2)CC(C)O1. The summed E-state index contributed by atoms with van der Waals surface area (Å²) in [5.74, 6) is -0.246. The molecule has 0 saturated carbocycles. The number of morpholine rings is 1. The maximum atomic E-state index is 12.4. The predicted molar refractivity (Wildman–Crippen MR) is 84.8 cm³/mol. The number of carbonyl (C=O) groups is 3. The first kappa shape index (κ1) is 17.1. The monoisotopic (exact) mass is 339 g/mol. The zero-order valence-electron chi connectivity index (χ0n) is 14.2. The largest absolute Gasteiger partial charge is 0.372 e. The van der Waals surface area contributed by atoms with Gasteiger partial charge in [0.1, 0.15) is 12.2 Å². The van der Waals surface area contributed by atoms with E-state index < -0.39 is 12.1 Å². The van der Waals surface area contributed by atoms with Gasteiger partial charge in [-0.25, -0.2) is 4.79 Å². The number of carbonyl (C=O) groups excluding carboxylic acids is 3. The molecule has 9 nitrogen and oxygen atoms in total. The van der Waals surface area contributed by atoms with Gasteiger partial charge in [-0.05, 0) is 20.3 Å². The molecule has 0 radical (unpaired) electrons. The Labute approximate surface area is 141 Å². The molecule has 4 amide bonds. The van der Waals surface area contributed by atoms with Crippen molar-refractivity contribution in [3.05, 3.63) is 0 Å². The van der Waals surface area contributed by atoms with E-state index in [0.29, 0.717) is 25.9 Å². The molecular formula is C15H25N5O4. The molecule has 0 spiro atoms. The Morgan fingerprint density at radius 1 is 1.21 bits per heavy atom. The van der Waals surface area contributed by atoms with Crippen LogP contribution in [-0.2, 0) is 14.3 Å². The van der Waals surface area contributed by atoms with E-state index in [1.54, 1.807) is 7.05 Å². The number of urea groups is 1. The molecule has 3 rings (SSSR count). The van der Waals surface area contributed by atoms with Crippen molar-refractivity contribution in [2.24, 2.45) is 0 Å². The topological polar surface area (TPSA) is 103 Å². The summed E-state index contributed by atoms with van der Waals surface area (Å²) >= 11 is 0. The van der Waals surface area contributed by atoms with Gasteiger partial charge < -0.3 is 14.5 Å². The molecule has 3 aliphatic rings. The van der Waals surface area contributed by atoms with E-state index in [1.807, 2.05) is 18.7 Å². The number of nitrogens with one attached hydrogen (secondary N) is 3. The number of rotatable bonds is 3. The van der Waals surface area contributed by atoms with Crippen molar-refractivity contribution in [1.29, 1.82) is 0 Å². The van der Waals surface area contributed by atoms with Crippen molar-refractivity contribution in [2.75, 3.05) is 20.1 Å². The molecule has 0 aromatic carbocycles. The van der Waals surface area contributed by atoms with Crippen LogP contribution in [0.1, 0.15) is 26.7 Å². The highest BCUT2D eigenvalue weighted by atomic mass is 16.5. The zero-order valence-corrected chi connectivity index (χ0v) is 14.2. The Balaban J connectivity index is 1.52. The molecule has 24 heavy (non-hydrogen) atoms. The predicted octanol–water partition coefficient (Wildman–Crippen LogP) is -1.20. The van der Waals surface area contributed by atoms with Gasteiger partial charge in [0.25, 0.3) is 0 Å². The lowest BCUT2D eigenvalue weighted by Crippen LogP contribution is -2.64. The van der Waals surface area contributed by atoms with Gasteiger partial charge in [-0.1, -0.05) is 0 Å². The van der Waals surface area contributed by atoms with Crippen LogP contribution in [0, 0.1) is 0 Å². The first-order valence-electron chi connectivity index (χ1n) is 8.38. The molecule has 3 aliphatic heterocycles. The van der Waals surface area contributed by atoms with Crippen molar-refractivity contribution in [2.45, 2.75) is 57.3 Å². The third-order valence-corrected chi connectivity index (χ3v) is 4.74. The second-order valence-corrected chi connectivity index (χ2v) is 6.81. The second-order valence-electron chi connectivity index (χ2n) is 6.81. The fourth-order valence-corrected chi connectivity index (χ4v) is 3.58. The van der Waals surface area contributed by atoms with Crippen LogP contribution in [0.15, 0.2) is 0 Å². The first-order chi connectivity index (χ1) is 11.3. The number of nitrogens with zero attached hydrogens (tertiary/aromatic N) is 2. The van der Waals surface area contributed by atoms with Gasteiger partial charge in [-0.15, -0.1) is 0 Å². The molecule has 0 aliphatic carbocycles. The lowest BCUT2D eigenvalue weighted by molar-refractivity contribution is -0.143. The highest BCUT2D eigenvalue weighted by Crippen LogP contribution is 2.17. The summed E-state index contributed by atoms with van der Waals surface area (Å²) in [5, 5.41) is 8.68. The van der Waals surface area contributed by atoms with E-state index >= 15 is 0 Å². The average molecular weight is 339 g/mol. The summed E-state index contributed by atoms with van der Waals surface area (Å²) in [5.41, 5.74) is 0. The van der Waals surface area contributed by atoms with Gasteiger partial charge in [-0.3, -0.25) is 25.5 Å². The third kappa shape index (κ3) is 3.38. The van der Waals surface area contributed by atoms with E-state index in [0.717, 1.165) is 0 Å². The summed E-state index contributed by atoms with van der Waals surface area (Å²) in [4.78, 5) is 39.2. The van der Waals surface area contributed by atoms with E-state index in [-0.39, 0.29) is 36.4 Å². The molecular weight excluding hydrogens is 314 g/mol. The minimum atomic E-state index is -0.490. The van der Waals surface area contributed by atoms with Crippen molar-refractivity contribution >= 4 is 17.8 Å². The lowest BCUT2D eigenvalue weighted by atomic mass is 10.2. The fourth-order valence-electron chi connectivity index (χ4n) is 3.58. The number of amides is 4. The molecule has 0 aromatic rings. The minimum Gasteiger partial charge on any atom is -0.372 e. The van der Waals surface area contributed by atoms with Gasteiger partial charge in [0.2, 0.25) is 11.8 Å². The van der Waals surface area contributed by atoms with Gasteiger partial charge in [0.15, 0.2) is 0 Å². The van der Waals surface area contributed by atoms with E-state index in [4.69, 9.17) is 4.74 Å². The van der Waals surface area contributed by atoms with Crippen molar-refractivity contribution < 1.29 is 19.1 Å². The second kappa shape index (κ2) is 6.66. The molecule has 9 heteroatoms. The van der Waals surface area contributed by atoms with Gasteiger partial charge in [-0.2, -0.15) is 0 Å². The number of hydrogen-bond acceptors (Lipinski definition) is 6. The molecule has 0 bridgehead atoms. The summed E-state index contributed by atoms with van der Waals surface area (Å²) < 4.78 is 5.64. The van der Waals surface area contributed by atoms with Gasteiger partial charge in [0.05, 0.1) is 18.4 Å².